The predicted octanol–water partition coefficient (Wildman–Crippen LogP) is 2.81. The number of rotatable bonds is 32. The van der Waals surface area contributed by atoms with Crippen LogP contribution in [0.5, 0.6) is 0 Å². The van der Waals surface area contributed by atoms with E-state index in [1.54, 1.807) is 27.9 Å². The summed E-state index contributed by atoms with van der Waals surface area (Å²) in [7, 11) is 7.52. The zero-order valence-corrected chi connectivity index (χ0v) is 45.0. The van der Waals surface area contributed by atoms with Gasteiger partial charge in [-0.25, -0.2) is 0 Å². The Morgan fingerprint density at radius 3 is 1.69 bits per heavy atom. The Morgan fingerprint density at radius 1 is 0.746 bits per heavy atom. The largest absolute Gasteiger partial charge is 0.390 e. The molecule has 5 N–H and O–H groups in total. The number of aliphatic hydroxyl groups is 1. The van der Waals surface area contributed by atoms with Gasteiger partial charge in [-0.1, -0.05) is 62.3 Å². The topological polar surface area (TPSA) is 221 Å². The van der Waals surface area contributed by atoms with Gasteiger partial charge in [-0.3, -0.25) is 59.2 Å². The molecule has 1 saturated carbocycles. The van der Waals surface area contributed by atoms with Crippen LogP contribution < -0.4 is 21.3 Å². The summed E-state index contributed by atoms with van der Waals surface area (Å²) in [4.78, 5) is 118. The molecular weight excluding hydrogens is 879 g/mol. The van der Waals surface area contributed by atoms with Gasteiger partial charge in [0.05, 0.1) is 17.7 Å². The van der Waals surface area contributed by atoms with Crippen molar-refractivity contribution in [1.82, 2.24) is 45.8 Å². The van der Waals surface area contributed by atoms with Gasteiger partial charge in [0.1, 0.15) is 17.4 Å². The van der Waals surface area contributed by atoms with E-state index in [1.165, 1.54) is 80.2 Å². The smallest absolute Gasteiger partial charge is 0.257 e. The number of aldehydes is 3. The zero-order chi connectivity index (χ0) is 52.0. The highest BCUT2D eigenvalue weighted by Gasteiger charge is 2.51. The summed E-state index contributed by atoms with van der Waals surface area (Å²) in [5, 5.41) is 22.1. The Hall–Kier alpha value is -3.49. The third-order valence-electron chi connectivity index (χ3n) is 13.0. The van der Waals surface area contributed by atoms with Gasteiger partial charge in [-0.15, -0.1) is 11.8 Å². The second-order valence-electron chi connectivity index (χ2n) is 20.7. The molecular formula is C48H89N9O9S. The van der Waals surface area contributed by atoms with Gasteiger partial charge >= 0.3 is 0 Å². The number of carbonyl (C=O) groups is 8. The van der Waals surface area contributed by atoms with Crippen molar-refractivity contribution < 1.29 is 43.5 Å². The van der Waals surface area contributed by atoms with Crippen molar-refractivity contribution in [3.63, 3.8) is 0 Å². The number of amides is 5. The van der Waals surface area contributed by atoms with Crippen LogP contribution in [-0.2, 0) is 38.4 Å². The summed E-state index contributed by atoms with van der Waals surface area (Å²) in [5.41, 5.74) is -6.79. The van der Waals surface area contributed by atoms with Gasteiger partial charge in [0, 0.05) is 52.3 Å². The van der Waals surface area contributed by atoms with Gasteiger partial charge in [0.25, 0.3) is 5.91 Å². The Labute approximate surface area is 406 Å². The normalized spacial score (nSPS) is 18.1. The molecule has 1 aliphatic carbocycles. The summed E-state index contributed by atoms with van der Waals surface area (Å²) in [6.07, 6.45) is 4.43. The first-order chi connectivity index (χ1) is 30.9. The Morgan fingerprint density at radius 2 is 1.28 bits per heavy atom. The molecule has 18 nitrogen and oxygen atoms in total. The van der Waals surface area contributed by atoms with Crippen molar-refractivity contribution in [1.29, 1.82) is 0 Å². The Bertz CT molecular complexity index is 1690. The molecule has 67 heavy (non-hydrogen) atoms. The first-order valence-electron chi connectivity index (χ1n) is 24.0. The molecule has 5 amide bonds. The molecule has 0 aliphatic heterocycles. The van der Waals surface area contributed by atoms with E-state index in [2.05, 4.69) is 40.0 Å². The molecule has 1 fully saturated rings. The molecule has 1 rings (SSSR count). The van der Waals surface area contributed by atoms with Crippen molar-refractivity contribution >= 4 is 60.2 Å². The van der Waals surface area contributed by atoms with Crippen LogP contribution in [0.1, 0.15) is 135 Å². The first-order valence-corrected chi connectivity index (χ1v) is 25.1. The fourth-order valence-electron chi connectivity index (χ4n) is 8.83. The van der Waals surface area contributed by atoms with Crippen LogP contribution in [0.2, 0.25) is 0 Å². The van der Waals surface area contributed by atoms with Gasteiger partial charge < -0.3 is 30.0 Å². The lowest BCUT2D eigenvalue weighted by Crippen LogP contribution is -2.70. The number of thioether (sulfide) groups is 1. The summed E-state index contributed by atoms with van der Waals surface area (Å²) in [5.74, 6) is -2.71. The summed E-state index contributed by atoms with van der Waals surface area (Å²) >= 11 is 1.34. The fraction of sp³-hybridized carbons (Fsp3) is 0.833. The van der Waals surface area contributed by atoms with Gasteiger partial charge in [-0.2, -0.15) is 0 Å². The van der Waals surface area contributed by atoms with Gasteiger partial charge in [0.2, 0.25) is 23.6 Å². The van der Waals surface area contributed by atoms with Crippen LogP contribution >= 0.6 is 11.8 Å². The molecule has 0 aromatic carbocycles. The van der Waals surface area contributed by atoms with Crippen LogP contribution in [0.15, 0.2) is 0 Å². The number of nitrogens with one attached hydrogen (secondary N) is 4. The van der Waals surface area contributed by atoms with Crippen molar-refractivity contribution in [3.05, 3.63) is 0 Å². The highest BCUT2D eigenvalue weighted by molar-refractivity contribution is 8.00. The third kappa shape index (κ3) is 16.3. The van der Waals surface area contributed by atoms with E-state index in [4.69, 9.17) is 0 Å². The molecule has 386 valence electrons. The van der Waals surface area contributed by atoms with Crippen molar-refractivity contribution in [2.24, 2.45) is 17.8 Å². The molecule has 0 heterocycles. The lowest BCUT2D eigenvalue weighted by atomic mass is 9.90. The predicted molar refractivity (Wildman–Crippen MR) is 264 cm³/mol. The lowest BCUT2D eigenvalue weighted by Gasteiger charge is -2.46. The highest BCUT2D eigenvalue weighted by atomic mass is 32.2. The number of carbonyl (C=O) groups excluding carboxylic acids is 8. The molecule has 1 aliphatic rings. The number of likely N-dealkylation sites (N-methyl/N-ethyl adjacent to an activating group) is 5. The quantitative estimate of drug-likeness (QED) is 0.0484. The highest BCUT2D eigenvalue weighted by Crippen LogP contribution is 2.45. The van der Waals surface area contributed by atoms with Crippen LogP contribution in [-0.4, -0.2) is 184 Å². The minimum atomic E-state index is -1.99. The summed E-state index contributed by atoms with van der Waals surface area (Å²) in [6, 6.07) is -3.44. The average molecular weight is 968 g/mol. The third-order valence-corrected chi connectivity index (χ3v) is 14.5. The molecule has 19 heteroatoms. The molecule has 7 atom stereocenters. The monoisotopic (exact) mass is 968 g/mol. The SMILES string of the molecule is CCCC(=O)N(C)C(SCC1(N(CC)CC)CC1)C(=O)N(C)C(C=O)(CC(C)(C)O)NC(C(=O)N(C)C(CC(C)C)C(=O)NC(C)(C=O)NC(C)C(=O)N(C)C(C=O)(CC(C)C)NC)C(C)C. The van der Waals surface area contributed by atoms with E-state index in [1.807, 2.05) is 34.6 Å². The van der Waals surface area contributed by atoms with E-state index < -0.39 is 75.6 Å². The molecule has 0 aromatic heterocycles. The maximum atomic E-state index is 14.9. The van der Waals surface area contributed by atoms with Crippen LogP contribution in [0, 0.1) is 17.8 Å². The number of hydrogen-bond donors (Lipinski definition) is 5. The average Bonchev–Trinajstić information content (AvgIpc) is 4.04. The van der Waals surface area contributed by atoms with Gasteiger partial charge in [-0.05, 0) is 97.7 Å². The summed E-state index contributed by atoms with van der Waals surface area (Å²) in [6.45, 7) is 24.7. The van der Waals surface area contributed by atoms with E-state index in [0.29, 0.717) is 37.5 Å². The molecule has 0 radical (unpaired) electrons. The Kier molecular flexibility index (Phi) is 23.8. The van der Waals surface area contributed by atoms with E-state index in [-0.39, 0.29) is 42.5 Å². The van der Waals surface area contributed by atoms with E-state index >= 15 is 0 Å². The van der Waals surface area contributed by atoms with E-state index in [9.17, 15) is 43.5 Å². The molecule has 0 spiro atoms. The minimum absolute atomic E-state index is 0.0480. The lowest BCUT2D eigenvalue weighted by molar-refractivity contribution is -0.153. The first kappa shape index (κ1) is 61.5. The van der Waals surface area contributed by atoms with Crippen molar-refractivity contribution in [3.8, 4) is 0 Å². The van der Waals surface area contributed by atoms with Crippen LogP contribution in [0.25, 0.3) is 0 Å². The van der Waals surface area contributed by atoms with Gasteiger partial charge in [0.15, 0.2) is 29.9 Å². The van der Waals surface area contributed by atoms with Crippen molar-refractivity contribution in [2.75, 3.05) is 54.1 Å². The summed E-state index contributed by atoms with van der Waals surface area (Å²) < 4.78 is 0. The maximum Gasteiger partial charge on any atom is 0.257 e. The van der Waals surface area contributed by atoms with Crippen LogP contribution in [0.3, 0.4) is 0 Å². The molecule has 7 unspecified atom stereocenters. The van der Waals surface area contributed by atoms with Crippen LogP contribution in [0.4, 0.5) is 0 Å². The second-order valence-corrected chi connectivity index (χ2v) is 21.7. The van der Waals surface area contributed by atoms with Crippen molar-refractivity contribution in [2.45, 2.75) is 187 Å². The maximum absolute atomic E-state index is 14.9. The fourth-order valence-corrected chi connectivity index (χ4v) is 10.4. The zero-order valence-electron chi connectivity index (χ0n) is 44.2. The number of hydrogen-bond acceptors (Lipinski definition) is 14. The van der Waals surface area contributed by atoms with E-state index in [0.717, 1.165) is 25.9 Å². The molecule has 0 aromatic rings. The molecule has 0 bridgehead atoms. The minimum Gasteiger partial charge on any atom is -0.390 e. The Balaban J connectivity index is 3.72. The molecule has 0 saturated heterocycles. The standard InChI is InChI=1S/C48H89N9O9S/c1-19-22-37(61)54(16)43(67-31-46(23-24-46)57(20-2)21-3)42(65)56(18)48(30-60,27-44(11,12)66)51-38(34(8)9)41(64)53(15)36(25-32(4)5)39(62)52-45(13,28-58)50-35(10)40(63)55(17)47(29-59,49-14)26-33(6)7/h28-30,32-36,38,43,49-51,66H,19-27,31H2,1-18H3,(H,52,62). The second kappa shape index (κ2) is 25.9. The number of nitrogens with zero attached hydrogens (tertiary/aromatic N) is 5.